The van der Waals surface area contributed by atoms with Crippen molar-refractivity contribution in [2.24, 2.45) is 0 Å². The first-order chi connectivity index (χ1) is 14.5. The van der Waals surface area contributed by atoms with Crippen LogP contribution in [0.3, 0.4) is 0 Å². The van der Waals surface area contributed by atoms with Gasteiger partial charge in [-0.1, -0.05) is 30.7 Å². The van der Waals surface area contributed by atoms with Crippen LogP contribution in [-0.2, 0) is 13.0 Å². The monoisotopic (exact) mass is 444 g/mol. The highest BCUT2D eigenvalue weighted by molar-refractivity contribution is 6.30. The van der Waals surface area contributed by atoms with Crippen LogP contribution < -0.4 is 10.2 Å². The lowest BCUT2D eigenvalue weighted by molar-refractivity contribution is 0.0984. The number of aryl methyl sites for hydroxylation is 1. The summed E-state index contributed by atoms with van der Waals surface area (Å²) in [5.74, 6) is 0.0299. The summed E-state index contributed by atoms with van der Waals surface area (Å²) in [4.78, 5) is 19.8. The van der Waals surface area contributed by atoms with Crippen molar-refractivity contribution in [1.82, 2.24) is 14.7 Å². The zero-order valence-corrected chi connectivity index (χ0v) is 18.6. The van der Waals surface area contributed by atoms with E-state index in [9.17, 15) is 4.79 Å². The van der Waals surface area contributed by atoms with E-state index in [1.807, 2.05) is 17.5 Å². The summed E-state index contributed by atoms with van der Waals surface area (Å²) < 4.78 is 1.83. The van der Waals surface area contributed by atoms with E-state index in [2.05, 4.69) is 39.5 Å². The maximum Gasteiger partial charge on any atom is 0.195 e. The maximum absolute atomic E-state index is 12.9. The number of piperidine rings is 1. The minimum absolute atomic E-state index is 0.0299. The van der Waals surface area contributed by atoms with E-state index < -0.39 is 0 Å². The molecule has 0 radical (unpaired) electrons. The molecule has 1 aromatic carbocycles. The van der Waals surface area contributed by atoms with Gasteiger partial charge >= 0.3 is 0 Å². The van der Waals surface area contributed by atoms with Crippen LogP contribution in [-0.4, -0.2) is 40.2 Å². The summed E-state index contributed by atoms with van der Waals surface area (Å²) in [7, 11) is 0. The maximum atomic E-state index is 12.9. The third kappa shape index (κ3) is 4.64. The van der Waals surface area contributed by atoms with Gasteiger partial charge < -0.3 is 10.2 Å². The molecule has 30 heavy (non-hydrogen) atoms. The molecule has 0 spiro atoms. The van der Waals surface area contributed by atoms with Crippen LogP contribution in [0.5, 0.6) is 0 Å². The fourth-order valence-corrected chi connectivity index (χ4v) is 4.29. The van der Waals surface area contributed by atoms with Crippen LogP contribution in [0.15, 0.2) is 42.6 Å². The summed E-state index contributed by atoms with van der Waals surface area (Å²) in [5, 5.41) is 4.19. The number of Topliss-reactive ketones (excluding diaryl/α,β-unsaturated/α-hetero) is 1. The number of alkyl halides is 1. The number of rotatable bonds is 7. The lowest BCUT2D eigenvalue weighted by atomic mass is 10.1. The molecule has 7 heteroatoms. The number of nitrogens with zero attached hydrogens (tertiary/aromatic N) is 3. The number of imidazole rings is 1. The molecule has 1 saturated heterocycles. The molecule has 0 amide bonds. The first-order valence-corrected chi connectivity index (χ1v) is 11.2. The number of fused-ring (bicyclic) bond motifs is 1. The van der Waals surface area contributed by atoms with Crippen molar-refractivity contribution in [3.05, 3.63) is 64.6 Å². The quantitative estimate of drug-likeness (QED) is 0.422. The Bertz CT molecular complexity index is 1020. The SMILES string of the molecule is CCc1nc2cc(Cl)ccn2c1C(=O)CNCc1ccc(N2CCC(Cl)CC2)cc1. The largest absolute Gasteiger partial charge is 0.371 e. The molecule has 1 aliphatic rings. The van der Waals surface area contributed by atoms with E-state index in [0.29, 0.717) is 34.7 Å². The third-order valence-electron chi connectivity index (χ3n) is 5.60. The van der Waals surface area contributed by atoms with Crippen molar-refractivity contribution in [3.63, 3.8) is 0 Å². The van der Waals surface area contributed by atoms with Gasteiger partial charge in [-0.05, 0) is 43.0 Å². The average molecular weight is 445 g/mol. The fourth-order valence-electron chi connectivity index (χ4n) is 3.95. The molecule has 1 fully saturated rings. The molecule has 0 aliphatic carbocycles. The zero-order chi connectivity index (χ0) is 21.1. The lowest BCUT2D eigenvalue weighted by Crippen LogP contribution is -2.33. The van der Waals surface area contributed by atoms with Crippen LogP contribution in [0, 0.1) is 0 Å². The number of anilines is 1. The van der Waals surface area contributed by atoms with Gasteiger partial charge in [-0.15, -0.1) is 11.6 Å². The highest BCUT2D eigenvalue weighted by Gasteiger charge is 2.19. The Hall–Kier alpha value is -2.08. The van der Waals surface area contributed by atoms with Crippen LogP contribution >= 0.6 is 23.2 Å². The van der Waals surface area contributed by atoms with Gasteiger partial charge in [-0.3, -0.25) is 9.20 Å². The molecule has 1 aliphatic heterocycles. The Kier molecular flexibility index (Phi) is 6.61. The standard InChI is InChI=1S/C23H26Cl2N4O/c1-2-20-23(29-12-9-18(25)13-22(29)27-20)21(30)15-26-14-16-3-5-19(6-4-16)28-10-7-17(24)8-11-28/h3-6,9,12-13,17,26H,2,7-8,10-11,14-15H2,1H3. The second-order valence-corrected chi connectivity index (χ2v) is 8.74. The Labute approximate surface area is 187 Å². The second-order valence-electron chi connectivity index (χ2n) is 7.69. The number of nitrogens with one attached hydrogen (secondary N) is 1. The predicted octanol–water partition coefficient (Wildman–Crippen LogP) is 4.73. The second kappa shape index (κ2) is 9.38. The van der Waals surface area contributed by atoms with Gasteiger partial charge in [-0.25, -0.2) is 4.98 Å². The van der Waals surface area contributed by atoms with Crippen LogP contribution in [0.4, 0.5) is 5.69 Å². The number of aromatic nitrogens is 2. The van der Waals surface area contributed by atoms with E-state index in [-0.39, 0.29) is 12.3 Å². The Morgan fingerprint density at radius 3 is 2.63 bits per heavy atom. The van der Waals surface area contributed by atoms with Crippen molar-refractivity contribution in [2.75, 3.05) is 24.5 Å². The normalized spacial score (nSPS) is 15.1. The molecule has 0 saturated carbocycles. The molecule has 2 aromatic heterocycles. The number of carbonyl (C=O) groups is 1. The molecule has 3 aromatic rings. The van der Waals surface area contributed by atoms with Crippen molar-refractivity contribution in [1.29, 1.82) is 0 Å². The number of benzene rings is 1. The molecule has 1 N–H and O–H groups in total. The summed E-state index contributed by atoms with van der Waals surface area (Å²) in [5.41, 5.74) is 4.52. The van der Waals surface area contributed by atoms with Crippen LogP contribution in [0.2, 0.25) is 5.02 Å². The first kappa shape index (κ1) is 21.2. The minimum Gasteiger partial charge on any atom is -0.371 e. The number of ketones is 1. The van der Waals surface area contributed by atoms with Gasteiger partial charge in [0.05, 0.1) is 12.2 Å². The summed E-state index contributed by atoms with van der Waals surface area (Å²) in [6, 6.07) is 12.1. The van der Waals surface area contributed by atoms with E-state index in [4.69, 9.17) is 23.2 Å². The van der Waals surface area contributed by atoms with Crippen molar-refractivity contribution < 1.29 is 4.79 Å². The van der Waals surface area contributed by atoms with E-state index >= 15 is 0 Å². The molecule has 4 rings (SSSR count). The lowest BCUT2D eigenvalue weighted by Gasteiger charge is -2.31. The van der Waals surface area contributed by atoms with Gasteiger partial charge in [0, 0.05) is 48.0 Å². The number of halogens is 2. The summed E-state index contributed by atoms with van der Waals surface area (Å²) >= 11 is 12.3. The Morgan fingerprint density at radius 1 is 1.20 bits per heavy atom. The molecule has 3 heterocycles. The predicted molar refractivity (Wildman–Crippen MR) is 123 cm³/mol. The van der Waals surface area contributed by atoms with Crippen molar-refractivity contribution >= 4 is 40.3 Å². The summed E-state index contributed by atoms with van der Waals surface area (Å²) in [6.45, 7) is 4.91. The van der Waals surface area contributed by atoms with E-state index in [1.165, 1.54) is 5.69 Å². The zero-order valence-electron chi connectivity index (χ0n) is 17.1. The smallest absolute Gasteiger partial charge is 0.195 e. The van der Waals surface area contributed by atoms with Crippen LogP contribution in [0.25, 0.3) is 5.65 Å². The summed E-state index contributed by atoms with van der Waals surface area (Å²) in [6.07, 6.45) is 4.57. The molecule has 0 unspecified atom stereocenters. The average Bonchev–Trinajstić information content (AvgIpc) is 3.12. The van der Waals surface area contributed by atoms with E-state index in [1.54, 1.807) is 12.1 Å². The number of carbonyl (C=O) groups excluding carboxylic acids is 1. The fraction of sp³-hybridized carbons (Fsp3) is 0.391. The van der Waals surface area contributed by atoms with Gasteiger partial charge in [0.1, 0.15) is 11.3 Å². The number of pyridine rings is 1. The third-order valence-corrected chi connectivity index (χ3v) is 6.27. The molecule has 158 valence electrons. The first-order valence-electron chi connectivity index (χ1n) is 10.4. The topological polar surface area (TPSA) is 49.6 Å². The van der Waals surface area contributed by atoms with Gasteiger partial charge in [0.15, 0.2) is 5.78 Å². The number of hydrogen-bond donors (Lipinski definition) is 1. The molecular weight excluding hydrogens is 419 g/mol. The molecule has 0 bridgehead atoms. The molecule has 0 atom stereocenters. The van der Waals surface area contributed by atoms with E-state index in [0.717, 1.165) is 37.2 Å². The van der Waals surface area contributed by atoms with Gasteiger partial charge in [0.2, 0.25) is 0 Å². The van der Waals surface area contributed by atoms with Gasteiger partial charge in [0.25, 0.3) is 0 Å². The van der Waals surface area contributed by atoms with Crippen LogP contribution in [0.1, 0.15) is 41.5 Å². The highest BCUT2D eigenvalue weighted by Crippen LogP contribution is 2.23. The van der Waals surface area contributed by atoms with Crippen molar-refractivity contribution in [3.8, 4) is 0 Å². The molecule has 5 nitrogen and oxygen atoms in total. The molecular formula is C23H26Cl2N4O. The highest BCUT2D eigenvalue weighted by atomic mass is 35.5. The Balaban J connectivity index is 1.36. The van der Waals surface area contributed by atoms with Crippen molar-refractivity contribution in [2.45, 2.75) is 38.1 Å². The number of hydrogen-bond acceptors (Lipinski definition) is 4. The van der Waals surface area contributed by atoms with Gasteiger partial charge in [-0.2, -0.15) is 0 Å². The Morgan fingerprint density at radius 2 is 1.93 bits per heavy atom. The minimum atomic E-state index is 0.0299.